The number of aliphatic hydroxyl groups excluding tert-OH is 1. The van der Waals surface area contributed by atoms with E-state index in [1.807, 2.05) is 0 Å². The van der Waals surface area contributed by atoms with Gasteiger partial charge in [-0.05, 0) is 18.9 Å². The van der Waals surface area contributed by atoms with Gasteiger partial charge >= 0.3 is 0 Å². The Hall–Kier alpha value is -0.170. The molecule has 0 amide bonds. The van der Waals surface area contributed by atoms with Crippen LogP contribution in [0.1, 0.15) is 6.42 Å². The molecule has 88 valence electrons. The predicted molar refractivity (Wildman–Crippen MR) is 55.4 cm³/mol. The summed E-state index contributed by atoms with van der Waals surface area (Å²) in [4.78, 5) is 0. The predicted octanol–water partition coefficient (Wildman–Crippen LogP) is -1.23. The van der Waals surface area contributed by atoms with Crippen LogP contribution in [-0.2, 0) is 14.6 Å². The van der Waals surface area contributed by atoms with Crippen molar-refractivity contribution in [2.75, 3.05) is 31.3 Å². The average molecular weight is 235 g/mol. The van der Waals surface area contributed by atoms with Crippen molar-refractivity contribution in [1.29, 1.82) is 0 Å². The van der Waals surface area contributed by atoms with Gasteiger partial charge in [-0.25, -0.2) is 8.42 Å². The fourth-order valence-corrected chi connectivity index (χ4v) is 3.95. The molecule has 6 heteroatoms. The lowest BCUT2D eigenvalue weighted by Gasteiger charge is -2.16. The molecule has 2 saturated heterocycles. The summed E-state index contributed by atoms with van der Waals surface area (Å²) in [6.07, 6.45) is 0.280. The molecule has 3 atom stereocenters. The summed E-state index contributed by atoms with van der Waals surface area (Å²) in [6, 6.07) is -0.0340. The summed E-state index contributed by atoms with van der Waals surface area (Å²) < 4.78 is 27.5. The van der Waals surface area contributed by atoms with Crippen molar-refractivity contribution in [1.82, 2.24) is 5.32 Å². The van der Waals surface area contributed by atoms with Crippen LogP contribution in [0.3, 0.4) is 0 Å². The molecule has 0 bridgehead atoms. The quantitative estimate of drug-likeness (QED) is 0.640. The molecule has 2 heterocycles. The molecule has 0 saturated carbocycles. The van der Waals surface area contributed by atoms with Crippen molar-refractivity contribution in [2.45, 2.75) is 18.6 Å². The van der Waals surface area contributed by atoms with Crippen LogP contribution < -0.4 is 5.32 Å². The summed E-state index contributed by atoms with van der Waals surface area (Å²) in [7, 11) is -2.79. The zero-order valence-electron chi connectivity index (χ0n) is 8.55. The fraction of sp³-hybridized carbons (Fsp3) is 1.00. The maximum Gasteiger partial charge on any atom is 0.150 e. The molecule has 2 rings (SSSR count). The minimum absolute atomic E-state index is 0.0340. The first-order chi connectivity index (χ1) is 7.07. The van der Waals surface area contributed by atoms with Gasteiger partial charge in [0.2, 0.25) is 0 Å². The number of aliphatic hydroxyl groups is 1. The van der Waals surface area contributed by atoms with Gasteiger partial charge in [-0.3, -0.25) is 0 Å². The highest BCUT2D eigenvalue weighted by molar-refractivity contribution is 7.91. The fourth-order valence-electron chi connectivity index (χ4n) is 2.09. The van der Waals surface area contributed by atoms with Crippen LogP contribution in [0.5, 0.6) is 0 Å². The van der Waals surface area contributed by atoms with Gasteiger partial charge in [0.25, 0.3) is 0 Å². The van der Waals surface area contributed by atoms with E-state index in [9.17, 15) is 13.5 Å². The summed E-state index contributed by atoms with van der Waals surface area (Å²) in [5, 5.41) is 12.6. The van der Waals surface area contributed by atoms with Crippen LogP contribution in [-0.4, -0.2) is 56.9 Å². The first-order valence-electron chi connectivity index (χ1n) is 5.26. The van der Waals surface area contributed by atoms with Crippen molar-refractivity contribution in [2.24, 2.45) is 5.92 Å². The van der Waals surface area contributed by atoms with E-state index in [0.29, 0.717) is 25.5 Å². The third kappa shape index (κ3) is 2.90. The number of ether oxygens (including phenoxy) is 1. The largest absolute Gasteiger partial charge is 0.389 e. The summed E-state index contributed by atoms with van der Waals surface area (Å²) in [5.74, 6) is 0.787. The normalized spacial score (nSPS) is 39.7. The van der Waals surface area contributed by atoms with Gasteiger partial charge in [0.1, 0.15) is 0 Å². The Bertz CT molecular complexity index is 316. The highest BCUT2D eigenvalue weighted by Gasteiger charge is 2.30. The van der Waals surface area contributed by atoms with Gasteiger partial charge in [0, 0.05) is 0 Å². The van der Waals surface area contributed by atoms with Gasteiger partial charge in [0.15, 0.2) is 9.84 Å². The second kappa shape index (κ2) is 4.37. The number of hydrogen-bond donors (Lipinski definition) is 2. The minimum Gasteiger partial charge on any atom is -0.389 e. The molecule has 15 heavy (non-hydrogen) atoms. The molecule has 2 fully saturated rings. The Morgan fingerprint density at radius 2 is 2.20 bits per heavy atom. The van der Waals surface area contributed by atoms with Gasteiger partial charge in [0.05, 0.1) is 36.9 Å². The zero-order valence-corrected chi connectivity index (χ0v) is 9.37. The van der Waals surface area contributed by atoms with Crippen molar-refractivity contribution in [3.63, 3.8) is 0 Å². The molecule has 0 spiro atoms. The molecule has 3 unspecified atom stereocenters. The molecule has 0 aromatic rings. The molecule has 2 aliphatic heterocycles. The highest BCUT2D eigenvalue weighted by Crippen LogP contribution is 2.18. The lowest BCUT2D eigenvalue weighted by atomic mass is 10.1. The van der Waals surface area contributed by atoms with Crippen molar-refractivity contribution < 1.29 is 18.3 Å². The number of sulfone groups is 1. The number of nitrogens with one attached hydrogen (secondary N) is 1. The first-order valence-corrected chi connectivity index (χ1v) is 7.08. The molecule has 2 N–H and O–H groups in total. The summed E-state index contributed by atoms with van der Waals surface area (Å²) in [5.41, 5.74) is 0. The Balaban J connectivity index is 1.75. The number of hydrogen-bond acceptors (Lipinski definition) is 5. The van der Waals surface area contributed by atoms with E-state index in [1.54, 1.807) is 0 Å². The maximum atomic E-state index is 11.2. The van der Waals surface area contributed by atoms with Crippen molar-refractivity contribution in [3.05, 3.63) is 0 Å². The van der Waals surface area contributed by atoms with Crippen LogP contribution in [0.15, 0.2) is 0 Å². The lowest BCUT2D eigenvalue weighted by molar-refractivity contribution is 0.122. The third-order valence-corrected chi connectivity index (χ3v) is 4.88. The molecular formula is C9H17NO4S. The molecule has 0 aromatic heterocycles. The first kappa shape index (κ1) is 11.3. The van der Waals surface area contributed by atoms with Crippen LogP contribution in [0, 0.1) is 5.92 Å². The van der Waals surface area contributed by atoms with Gasteiger partial charge in [-0.1, -0.05) is 0 Å². The van der Waals surface area contributed by atoms with E-state index in [-0.39, 0.29) is 17.7 Å². The van der Waals surface area contributed by atoms with Crippen molar-refractivity contribution in [3.8, 4) is 0 Å². The SMILES string of the molecule is O=S1(=O)CCC(CNC2COCC2O)C1. The Morgan fingerprint density at radius 3 is 2.73 bits per heavy atom. The van der Waals surface area contributed by atoms with Crippen LogP contribution >= 0.6 is 0 Å². The summed E-state index contributed by atoms with van der Waals surface area (Å²) in [6.45, 7) is 1.55. The molecule has 2 aliphatic rings. The average Bonchev–Trinajstić information content (AvgIpc) is 2.69. The third-order valence-electron chi connectivity index (χ3n) is 3.05. The Morgan fingerprint density at radius 1 is 1.40 bits per heavy atom. The molecule has 0 aromatic carbocycles. The Kier molecular flexibility index (Phi) is 3.30. The molecule has 0 aliphatic carbocycles. The van der Waals surface area contributed by atoms with Crippen LogP contribution in [0.25, 0.3) is 0 Å². The van der Waals surface area contributed by atoms with Crippen LogP contribution in [0.4, 0.5) is 0 Å². The second-order valence-electron chi connectivity index (χ2n) is 4.39. The van der Waals surface area contributed by atoms with Gasteiger partial charge in [-0.2, -0.15) is 0 Å². The minimum atomic E-state index is -2.79. The topological polar surface area (TPSA) is 75.6 Å². The van der Waals surface area contributed by atoms with E-state index < -0.39 is 15.9 Å². The van der Waals surface area contributed by atoms with E-state index in [2.05, 4.69) is 5.32 Å². The van der Waals surface area contributed by atoms with E-state index in [0.717, 1.165) is 6.42 Å². The number of rotatable bonds is 3. The van der Waals surface area contributed by atoms with Crippen molar-refractivity contribution >= 4 is 9.84 Å². The maximum absolute atomic E-state index is 11.2. The smallest absolute Gasteiger partial charge is 0.150 e. The van der Waals surface area contributed by atoms with Gasteiger partial charge < -0.3 is 15.2 Å². The zero-order chi connectivity index (χ0) is 10.9. The second-order valence-corrected chi connectivity index (χ2v) is 6.62. The monoisotopic (exact) mass is 235 g/mol. The Labute approximate surface area is 89.7 Å². The van der Waals surface area contributed by atoms with E-state index in [1.165, 1.54) is 0 Å². The van der Waals surface area contributed by atoms with Gasteiger partial charge in [-0.15, -0.1) is 0 Å². The molecular weight excluding hydrogens is 218 g/mol. The lowest BCUT2D eigenvalue weighted by Crippen LogP contribution is -2.41. The van der Waals surface area contributed by atoms with E-state index in [4.69, 9.17) is 4.74 Å². The summed E-state index contributed by atoms with van der Waals surface area (Å²) >= 11 is 0. The van der Waals surface area contributed by atoms with Crippen LogP contribution in [0.2, 0.25) is 0 Å². The standard InChI is InChI=1S/C9H17NO4S/c11-9-5-14-4-8(9)10-3-7-1-2-15(12,13)6-7/h7-11H,1-6H2. The van der Waals surface area contributed by atoms with E-state index >= 15 is 0 Å². The highest BCUT2D eigenvalue weighted by atomic mass is 32.2. The molecule has 5 nitrogen and oxygen atoms in total. The molecule has 0 radical (unpaired) electrons.